The normalized spacial score (nSPS) is 19.4. The summed E-state index contributed by atoms with van der Waals surface area (Å²) >= 11 is 0. The first-order chi connectivity index (χ1) is 14.7. The molecule has 0 bridgehead atoms. The van der Waals surface area contributed by atoms with E-state index in [2.05, 4.69) is 5.10 Å². The van der Waals surface area contributed by atoms with Gasteiger partial charge in [-0.25, -0.2) is 5.01 Å². The van der Waals surface area contributed by atoms with E-state index in [1.165, 1.54) is 5.01 Å². The van der Waals surface area contributed by atoms with Gasteiger partial charge in [-0.1, -0.05) is 19.3 Å². The summed E-state index contributed by atoms with van der Waals surface area (Å²) in [7, 11) is 1.62. The third kappa shape index (κ3) is 4.40. The minimum atomic E-state index is -0.363. The fraction of sp³-hybridized carbons (Fsp3) is 0.435. The van der Waals surface area contributed by atoms with Crippen LogP contribution in [-0.4, -0.2) is 36.3 Å². The van der Waals surface area contributed by atoms with Gasteiger partial charge in [0.15, 0.2) is 6.61 Å². The summed E-state index contributed by atoms with van der Waals surface area (Å²) in [6, 6.07) is 10.8. The maximum Gasteiger partial charge on any atom is 0.309 e. The molecule has 0 radical (unpaired) electrons. The average molecular weight is 410 g/mol. The molecule has 1 fully saturated rings. The number of carbonyl (C=O) groups excluding carboxylic acids is 2. The van der Waals surface area contributed by atoms with E-state index in [1.54, 1.807) is 19.4 Å². The smallest absolute Gasteiger partial charge is 0.309 e. The SMILES string of the molecule is COc1ccc(C2=NN(C(=O)COC(=O)C3CCCCC3)C(c3ccco3)C2)cc1. The lowest BCUT2D eigenvalue weighted by Crippen LogP contribution is -2.32. The van der Waals surface area contributed by atoms with Crippen molar-refractivity contribution in [1.82, 2.24) is 5.01 Å². The molecular formula is C23H26N2O5. The minimum Gasteiger partial charge on any atom is -0.497 e. The third-order valence-corrected chi connectivity index (χ3v) is 5.74. The molecule has 0 spiro atoms. The molecule has 1 saturated carbocycles. The van der Waals surface area contributed by atoms with Crippen LogP contribution in [0, 0.1) is 5.92 Å². The van der Waals surface area contributed by atoms with Crippen LogP contribution in [0.2, 0.25) is 0 Å². The highest BCUT2D eigenvalue weighted by Gasteiger charge is 2.35. The van der Waals surface area contributed by atoms with Crippen LogP contribution >= 0.6 is 0 Å². The van der Waals surface area contributed by atoms with E-state index in [9.17, 15) is 9.59 Å². The van der Waals surface area contributed by atoms with Gasteiger partial charge in [0.25, 0.3) is 5.91 Å². The fourth-order valence-electron chi connectivity index (χ4n) is 4.06. The largest absolute Gasteiger partial charge is 0.497 e. The van der Waals surface area contributed by atoms with Crippen LogP contribution in [0.4, 0.5) is 0 Å². The molecule has 30 heavy (non-hydrogen) atoms. The van der Waals surface area contributed by atoms with E-state index < -0.39 is 0 Å². The number of amides is 1. The molecule has 1 amide bonds. The average Bonchev–Trinajstić information content (AvgIpc) is 3.48. The Morgan fingerprint density at radius 3 is 2.57 bits per heavy atom. The van der Waals surface area contributed by atoms with Crippen molar-refractivity contribution in [3.05, 3.63) is 54.0 Å². The Morgan fingerprint density at radius 1 is 1.13 bits per heavy atom. The lowest BCUT2D eigenvalue weighted by Gasteiger charge is -2.22. The first-order valence-electron chi connectivity index (χ1n) is 10.4. The summed E-state index contributed by atoms with van der Waals surface area (Å²) in [5, 5.41) is 5.93. The predicted molar refractivity (Wildman–Crippen MR) is 110 cm³/mol. The zero-order valence-corrected chi connectivity index (χ0v) is 17.1. The number of hydrazone groups is 1. The summed E-state index contributed by atoms with van der Waals surface area (Å²) in [4.78, 5) is 25.2. The molecule has 1 aromatic carbocycles. The number of benzene rings is 1. The van der Waals surface area contributed by atoms with Gasteiger partial charge in [-0.15, -0.1) is 0 Å². The van der Waals surface area contributed by atoms with Crippen LogP contribution in [-0.2, 0) is 14.3 Å². The van der Waals surface area contributed by atoms with Gasteiger partial charge >= 0.3 is 5.97 Å². The van der Waals surface area contributed by atoms with Crippen molar-refractivity contribution in [2.45, 2.75) is 44.6 Å². The van der Waals surface area contributed by atoms with Gasteiger partial charge in [0, 0.05) is 6.42 Å². The Morgan fingerprint density at radius 2 is 1.90 bits per heavy atom. The van der Waals surface area contributed by atoms with Gasteiger partial charge in [-0.3, -0.25) is 9.59 Å². The maximum atomic E-state index is 12.9. The second kappa shape index (κ2) is 9.15. The second-order valence-corrected chi connectivity index (χ2v) is 7.69. The van der Waals surface area contributed by atoms with Crippen molar-refractivity contribution in [3.8, 4) is 5.75 Å². The maximum absolute atomic E-state index is 12.9. The van der Waals surface area contributed by atoms with Crippen molar-refractivity contribution in [2.75, 3.05) is 13.7 Å². The Hall–Kier alpha value is -3.09. The van der Waals surface area contributed by atoms with E-state index >= 15 is 0 Å². The van der Waals surface area contributed by atoms with Gasteiger partial charge in [-0.05, 0) is 54.8 Å². The van der Waals surface area contributed by atoms with Crippen LogP contribution in [0.5, 0.6) is 5.75 Å². The van der Waals surface area contributed by atoms with Crippen LogP contribution in [0.3, 0.4) is 0 Å². The predicted octanol–water partition coefficient (Wildman–Crippen LogP) is 4.09. The summed E-state index contributed by atoms with van der Waals surface area (Å²) in [5.74, 6) is 0.668. The Bertz CT molecular complexity index is 898. The first kappa shape index (κ1) is 20.2. The van der Waals surface area contributed by atoms with E-state index in [-0.39, 0.29) is 30.4 Å². The number of nitrogens with zero attached hydrogens (tertiary/aromatic N) is 2. The molecule has 1 atom stereocenters. The van der Waals surface area contributed by atoms with Gasteiger partial charge in [0.2, 0.25) is 0 Å². The molecule has 158 valence electrons. The minimum absolute atomic E-state index is 0.0932. The van der Waals surface area contributed by atoms with Crippen LogP contribution in [0.1, 0.15) is 55.9 Å². The lowest BCUT2D eigenvalue weighted by atomic mass is 9.89. The first-order valence-corrected chi connectivity index (χ1v) is 10.4. The zero-order chi connectivity index (χ0) is 20.9. The molecule has 1 aliphatic heterocycles. The second-order valence-electron chi connectivity index (χ2n) is 7.69. The Balaban J connectivity index is 1.47. The number of furan rings is 1. The molecule has 2 aliphatic rings. The van der Waals surface area contributed by atoms with Crippen molar-refractivity contribution >= 4 is 17.6 Å². The number of rotatable bonds is 6. The van der Waals surface area contributed by atoms with Crippen molar-refractivity contribution in [1.29, 1.82) is 0 Å². The molecular weight excluding hydrogens is 384 g/mol. The van der Waals surface area contributed by atoms with E-state index in [1.807, 2.05) is 30.3 Å². The highest BCUT2D eigenvalue weighted by Crippen LogP contribution is 2.33. The summed E-state index contributed by atoms with van der Waals surface area (Å²) in [5.41, 5.74) is 1.67. The topological polar surface area (TPSA) is 81.3 Å². The van der Waals surface area contributed by atoms with Gasteiger partial charge in [0.1, 0.15) is 17.6 Å². The van der Waals surface area contributed by atoms with Crippen molar-refractivity contribution < 1.29 is 23.5 Å². The van der Waals surface area contributed by atoms with Crippen molar-refractivity contribution in [3.63, 3.8) is 0 Å². The van der Waals surface area contributed by atoms with Gasteiger partial charge in [0.05, 0.1) is 25.0 Å². The number of methoxy groups -OCH3 is 1. The van der Waals surface area contributed by atoms with Crippen LogP contribution < -0.4 is 4.74 Å². The number of hydrogen-bond acceptors (Lipinski definition) is 6. The molecule has 7 nitrogen and oxygen atoms in total. The summed E-state index contributed by atoms with van der Waals surface area (Å²) in [6.07, 6.45) is 7.00. The fourth-order valence-corrected chi connectivity index (χ4v) is 4.06. The molecule has 4 rings (SSSR count). The standard InChI is InChI=1S/C23H26N2O5/c1-28-18-11-9-16(10-12-18)19-14-20(21-8-5-13-29-21)25(24-19)22(26)15-30-23(27)17-6-3-2-4-7-17/h5,8-13,17,20H,2-4,6-7,14-15H2,1H3. The van der Waals surface area contributed by atoms with Crippen LogP contribution in [0.15, 0.2) is 52.2 Å². The van der Waals surface area contributed by atoms with E-state index in [0.717, 1.165) is 49.1 Å². The molecule has 1 unspecified atom stereocenters. The molecule has 1 aliphatic carbocycles. The summed E-state index contributed by atoms with van der Waals surface area (Å²) < 4.78 is 16.1. The monoisotopic (exact) mass is 410 g/mol. The van der Waals surface area contributed by atoms with Gasteiger partial charge in [-0.2, -0.15) is 5.10 Å². The van der Waals surface area contributed by atoms with Gasteiger partial charge < -0.3 is 13.9 Å². The molecule has 2 aromatic rings. The molecule has 7 heteroatoms. The van der Waals surface area contributed by atoms with E-state index in [4.69, 9.17) is 13.9 Å². The van der Waals surface area contributed by atoms with Crippen LogP contribution in [0.25, 0.3) is 0 Å². The molecule has 0 saturated heterocycles. The molecule has 0 N–H and O–H groups in total. The highest BCUT2D eigenvalue weighted by atomic mass is 16.5. The molecule has 1 aromatic heterocycles. The summed E-state index contributed by atoms with van der Waals surface area (Å²) in [6.45, 7) is -0.314. The number of ether oxygens (including phenoxy) is 2. The zero-order valence-electron chi connectivity index (χ0n) is 17.1. The number of esters is 1. The third-order valence-electron chi connectivity index (χ3n) is 5.74. The lowest BCUT2D eigenvalue weighted by molar-refractivity contribution is -0.157. The molecule has 2 heterocycles. The number of hydrogen-bond donors (Lipinski definition) is 0. The number of carbonyl (C=O) groups is 2. The van der Waals surface area contributed by atoms with Crippen molar-refractivity contribution in [2.24, 2.45) is 11.0 Å². The Kier molecular flexibility index (Phi) is 6.16. The van der Waals surface area contributed by atoms with E-state index in [0.29, 0.717) is 12.2 Å². The quantitative estimate of drug-likeness (QED) is 0.670. The Labute approximate surface area is 175 Å². The highest BCUT2D eigenvalue weighted by molar-refractivity contribution is 6.03.